The predicted octanol–water partition coefficient (Wildman–Crippen LogP) is 3.23. The quantitative estimate of drug-likeness (QED) is 0.522. The fraction of sp³-hybridized carbons (Fsp3) is 0.385. The average molecular weight is 494 g/mol. The molecule has 10 nitrogen and oxygen atoms in total. The van der Waals surface area contributed by atoms with Gasteiger partial charge in [-0.15, -0.1) is 0 Å². The van der Waals surface area contributed by atoms with Crippen LogP contribution >= 0.6 is 0 Å². The summed E-state index contributed by atoms with van der Waals surface area (Å²) in [5, 5.41) is 3.27. The molecule has 1 aromatic heterocycles. The second kappa shape index (κ2) is 11.1. The van der Waals surface area contributed by atoms with Crippen molar-refractivity contribution in [3.05, 3.63) is 58.6 Å². The number of nitrogens with zero attached hydrogens (tertiary/aromatic N) is 3. The molecule has 0 saturated carbocycles. The number of aromatic amines is 1. The van der Waals surface area contributed by atoms with Crippen LogP contribution in [-0.4, -0.2) is 65.6 Å². The Morgan fingerprint density at radius 2 is 1.78 bits per heavy atom. The molecule has 0 bridgehead atoms. The number of para-hydroxylation sites is 1. The summed E-state index contributed by atoms with van der Waals surface area (Å²) in [6.07, 6.45) is 1.16. The molecule has 3 aromatic rings. The molecule has 4 rings (SSSR count). The van der Waals surface area contributed by atoms with E-state index in [9.17, 15) is 14.4 Å². The lowest BCUT2D eigenvalue weighted by Gasteiger charge is -2.34. The first-order chi connectivity index (χ1) is 17.4. The molecule has 2 N–H and O–H groups in total. The molecule has 0 spiro atoms. The Morgan fingerprint density at radius 3 is 2.42 bits per heavy atom. The van der Waals surface area contributed by atoms with Crippen molar-refractivity contribution in [2.24, 2.45) is 5.92 Å². The molecule has 0 aliphatic carbocycles. The SMILES string of the molecule is CCN(Cc1nc2cc(OC)c(OC)cc2c(=O)[nH]1)C(=O)C1CCN(C(=O)Nc2ccccc2)CC1. The summed E-state index contributed by atoms with van der Waals surface area (Å²) in [6.45, 7) is 3.55. The Labute approximate surface area is 209 Å². The van der Waals surface area contributed by atoms with Crippen LogP contribution in [0.4, 0.5) is 10.5 Å². The van der Waals surface area contributed by atoms with Crippen LogP contribution in [-0.2, 0) is 11.3 Å². The van der Waals surface area contributed by atoms with Crippen molar-refractivity contribution in [3.63, 3.8) is 0 Å². The van der Waals surface area contributed by atoms with Crippen LogP contribution < -0.4 is 20.3 Å². The number of ether oxygens (including phenoxy) is 2. The van der Waals surface area contributed by atoms with E-state index in [2.05, 4.69) is 15.3 Å². The minimum Gasteiger partial charge on any atom is -0.493 e. The van der Waals surface area contributed by atoms with E-state index in [0.29, 0.717) is 60.7 Å². The fourth-order valence-electron chi connectivity index (χ4n) is 4.43. The molecule has 2 heterocycles. The Balaban J connectivity index is 1.41. The molecular weight excluding hydrogens is 462 g/mol. The van der Waals surface area contributed by atoms with E-state index in [4.69, 9.17) is 9.47 Å². The Kier molecular flexibility index (Phi) is 7.72. The molecule has 2 aromatic carbocycles. The largest absolute Gasteiger partial charge is 0.493 e. The minimum absolute atomic E-state index is 0.00400. The number of methoxy groups -OCH3 is 2. The number of amides is 3. The summed E-state index contributed by atoms with van der Waals surface area (Å²) in [4.78, 5) is 49.3. The highest BCUT2D eigenvalue weighted by Gasteiger charge is 2.30. The van der Waals surface area contributed by atoms with E-state index in [1.54, 1.807) is 21.9 Å². The van der Waals surface area contributed by atoms with Gasteiger partial charge in [-0.25, -0.2) is 9.78 Å². The van der Waals surface area contributed by atoms with Crippen LogP contribution in [0.25, 0.3) is 10.9 Å². The number of benzene rings is 2. The lowest BCUT2D eigenvalue weighted by molar-refractivity contribution is -0.137. The minimum atomic E-state index is -0.308. The fourth-order valence-corrected chi connectivity index (χ4v) is 4.43. The van der Waals surface area contributed by atoms with Crippen molar-refractivity contribution < 1.29 is 19.1 Å². The zero-order valence-corrected chi connectivity index (χ0v) is 20.7. The van der Waals surface area contributed by atoms with Gasteiger partial charge in [-0.2, -0.15) is 0 Å². The number of aromatic nitrogens is 2. The zero-order valence-electron chi connectivity index (χ0n) is 20.7. The van der Waals surface area contributed by atoms with Gasteiger partial charge in [0, 0.05) is 37.3 Å². The van der Waals surface area contributed by atoms with Gasteiger partial charge >= 0.3 is 6.03 Å². The molecule has 1 aliphatic heterocycles. The first-order valence-electron chi connectivity index (χ1n) is 12.0. The van der Waals surface area contributed by atoms with Crippen molar-refractivity contribution in [3.8, 4) is 11.5 Å². The van der Waals surface area contributed by atoms with Crippen molar-refractivity contribution in [2.75, 3.05) is 39.2 Å². The second-order valence-corrected chi connectivity index (χ2v) is 8.65. The number of fused-ring (bicyclic) bond motifs is 1. The average Bonchev–Trinajstić information content (AvgIpc) is 2.91. The number of hydrogen-bond acceptors (Lipinski definition) is 6. The third-order valence-corrected chi connectivity index (χ3v) is 6.45. The van der Waals surface area contributed by atoms with E-state index in [1.165, 1.54) is 14.2 Å². The molecule has 36 heavy (non-hydrogen) atoms. The predicted molar refractivity (Wildman–Crippen MR) is 136 cm³/mol. The normalized spacial score (nSPS) is 13.9. The van der Waals surface area contributed by atoms with E-state index in [-0.39, 0.29) is 30.0 Å². The van der Waals surface area contributed by atoms with E-state index >= 15 is 0 Å². The molecule has 0 atom stereocenters. The van der Waals surface area contributed by atoms with Gasteiger partial charge in [-0.1, -0.05) is 18.2 Å². The van der Waals surface area contributed by atoms with Gasteiger partial charge in [0.1, 0.15) is 5.82 Å². The number of urea groups is 1. The smallest absolute Gasteiger partial charge is 0.321 e. The van der Waals surface area contributed by atoms with Crippen LogP contribution in [0, 0.1) is 5.92 Å². The maximum absolute atomic E-state index is 13.3. The maximum Gasteiger partial charge on any atom is 0.321 e. The molecule has 0 unspecified atom stereocenters. The second-order valence-electron chi connectivity index (χ2n) is 8.65. The zero-order chi connectivity index (χ0) is 25.7. The molecular formula is C26H31N5O5. The molecule has 3 amide bonds. The first kappa shape index (κ1) is 25.0. The summed E-state index contributed by atoms with van der Waals surface area (Å²) >= 11 is 0. The number of anilines is 1. The molecule has 1 fully saturated rings. The van der Waals surface area contributed by atoms with Crippen molar-refractivity contribution in [1.82, 2.24) is 19.8 Å². The van der Waals surface area contributed by atoms with E-state index in [1.807, 2.05) is 37.3 Å². The van der Waals surface area contributed by atoms with Gasteiger partial charge in [0.2, 0.25) is 5.91 Å². The highest BCUT2D eigenvalue weighted by atomic mass is 16.5. The molecule has 0 radical (unpaired) electrons. The van der Waals surface area contributed by atoms with Gasteiger partial charge in [0.15, 0.2) is 11.5 Å². The Morgan fingerprint density at radius 1 is 1.11 bits per heavy atom. The summed E-state index contributed by atoms with van der Waals surface area (Å²) in [7, 11) is 3.02. The van der Waals surface area contributed by atoms with Gasteiger partial charge in [0.05, 0.1) is 31.7 Å². The first-order valence-corrected chi connectivity index (χ1v) is 12.0. The lowest BCUT2D eigenvalue weighted by Crippen LogP contribution is -2.45. The topological polar surface area (TPSA) is 117 Å². The summed E-state index contributed by atoms with van der Waals surface area (Å²) < 4.78 is 10.6. The third kappa shape index (κ3) is 5.42. The van der Waals surface area contributed by atoms with Gasteiger partial charge in [-0.05, 0) is 38.0 Å². The summed E-state index contributed by atoms with van der Waals surface area (Å²) in [5.74, 6) is 1.12. The van der Waals surface area contributed by atoms with Crippen LogP contribution in [0.3, 0.4) is 0 Å². The van der Waals surface area contributed by atoms with Crippen LogP contribution in [0.2, 0.25) is 0 Å². The number of likely N-dealkylation sites (tertiary alicyclic amines) is 1. The Hall–Kier alpha value is -4.08. The van der Waals surface area contributed by atoms with Crippen molar-refractivity contribution in [1.29, 1.82) is 0 Å². The molecule has 1 saturated heterocycles. The lowest BCUT2D eigenvalue weighted by atomic mass is 9.95. The van der Waals surface area contributed by atoms with Gasteiger partial charge in [-0.3, -0.25) is 9.59 Å². The van der Waals surface area contributed by atoms with E-state index in [0.717, 1.165) is 5.69 Å². The number of nitrogens with one attached hydrogen (secondary N) is 2. The van der Waals surface area contributed by atoms with Gasteiger partial charge in [0.25, 0.3) is 5.56 Å². The third-order valence-electron chi connectivity index (χ3n) is 6.45. The molecule has 1 aliphatic rings. The number of H-pyrrole nitrogens is 1. The highest BCUT2D eigenvalue weighted by molar-refractivity contribution is 5.89. The number of rotatable bonds is 7. The van der Waals surface area contributed by atoms with Crippen LogP contribution in [0.1, 0.15) is 25.6 Å². The number of carbonyl (C=O) groups is 2. The van der Waals surface area contributed by atoms with Crippen LogP contribution in [0.15, 0.2) is 47.3 Å². The monoisotopic (exact) mass is 493 g/mol. The standard InChI is InChI=1S/C26H31N5O5/c1-4-30(16-23-28-20-15-22(36-3)21(35-2)14-19(20)24(32)29-23)25(33)17-10-12-31(13-11-17)26(34)27-18-8-6-5-7-9-18/h5-9,14-15,17H,4,10-13,16H2,1-3H3,(H,27,34)(H,28,29,32). The number of hydrogen-bond donors (Lipinski definition) is 2. The number of piperidine rings is 1. The Bertz CT molecular complexity index is 1290. The summed E-state index contributed by atoms with van der Waals surface area (Å²) in [5.41, 5.74) is 0.899. The maximum atomic E-state index is 13.3. The number of carbonyl (C=O) groups excluding carboxylic acids is 2. The van der Waals surface area contributed by atoms with Crippen molar-refractivity contribution in [2.45, 2.75) is 26.3 Å². The molecule has 10 heteroatoms. The van der Waals surface area contributed by atoms with Crippen molar-refractivity contribution >= 4 is 28.5 Å². The van der Waals surface area contributed by atoms with Crippen LogP contribution in [0.5, 0.6) is 11.5 Å². The molecule has 190 valence electrons. The van der Waals surface area contributed by atoms with E-state index < -0.39 is 0 Å². The summed E-state index contributed by atoms with van der Waals surface area (Å²) in [6, 6.07) is 12.4. The van der Waals surface area contributed by atoms with Gasteiger partial charge < -0.3 is 29.6 Å². The highest BCUT2D eigenvalue weighted by Crippen LogP contribution is 2.30.